The number of nitrogens with zero attached hydrogens (tertiary/aromatic N) is 7. The third-order valence-corrected chi connectivity index (χ3v) is 11.3. The van der Waals surface area contributed by atoms with Crippen LogP contribution < -0.4 is 20.4 Å². The lowest BCUT2D eigenvalue weighted by Gasteiger charge is -2.36. The minimum absolute atomic E-state index is 0.0200. The highest BCUT2D eigenvalue weighted by molar-refractivity contribution is 6.06. The predicted molar refractivity (Wildman–Crippen MR) is 227 cm³/mol. The second-order valence-corrected chi connectivity index (χ2v) is 16.6. The zero-order valence-corrected chi connectivity index (χ0v) is 34.4. The molecule has 0 spiro atoms. The number of piperazine rings is 1. The molecule has 2 fully saturated rings. The number of nitrogens with one attached hydrogen (secondary N) is 3. The van der Waals surface area contributed by atoms with Gasteiger partial charge in [-0.3, -0.25) is 29.8 Å². The number of aromatic amines is 1. The van der Waals surface area contributed by atoms with E-state index in [1.165, 1.54) is 11.3 Å². The maximum atomic E-state index is 12.9. The number of aryl methyl sites for hydroxylation is 2. The number of H-pyrrole nitrogens is 1. The van der Waals surface area contributed by atoms with Crippen LogP contribution in [0.5, 0.6) is 0 Å². The van der Waals surface area contributed by atoms with Crippen molar-refractivity contribution in [3.05, 3.63) is 107 Å². The van der Waals surface area contributed by atoms with Crippen molar-refractivity contribution >= 4 is 40.3 Å². The Morgan fingerprint density at radius 2 is 1.66 bits per heavy atom. The molecule has 1 unspecified atom stereocenters. The highest BCUT2D eigenvalue weighted by Crippen LogP contribution is 2.33. The fourth-order valence-corrected chi connectivity index (χ4v) is 7.90. The van der Waals surface area contributed by atoms with Crippen LogP contribution in [0.15, 0.2) is 77.4 Å². The summed E-state index contributed by atoms with van der Waals surface area (Å²) in [4.78, 5) is 52.4. The van der Waals surface area contributed by atoms with Crippen LogP contribution in [-0.2, 0) is 16.6 Å². The first-order valence-electron chi connectivity index (χ1n) is 20.2. The minimum atomic E-state index is -0.386. The van der Waals surface area contributed by atoms with Gasteiger partial charge in [-0.1, -0.05) is 62.3 Å². The predicted octanol–water partition coefficient (Wildman–Crippen LogP) is 6.89. The van der Waals surface area contributed by atoms with Crippen molar-refractivity contribution in [1.82, 2.24) is 40.9 Å². The first-order valence-corrected chi connectivity index (χ1v) is 20.2. The summed E-state index contributed by atoms with van der Waals surface area (Å²) in [6.07, 6.45) is 3.13. The number of imide groups is 1. The Morgan fingerprint density at radius 3 is 2.36 bits per heavy atom. The molecule has 59 heavy (non-hydrogen) atoms. The summed E-state index contributed by atoms with van der Waals surface area (Å²) in [5.41, 5.74) is 10.6. The highest BCUT2D eigenvalue weighted by Gasteiger charge is 2.27. The summed E-state index contributed by atoms with van der Waals surface area (Å²) < 4.78 is 5.31. The Balaban J connectivity index is 0.870. The Morgan fingerprint density at radius 1 is 0.898 bits per heavy atom. The van der Waals surface area contributed by atoms with Gasteiger partial charge in [0.2, 0.25) is 11.8 Å². The van der Waals surface area contributed by atoms with E-state index in [0.717, 1.165) is 89.3 Å². The van der Waals surface area contributed by atoms with E-state index in [1.807, 2.05) is 65.9 Å². The van der Waals surface area contributed by atoms with Crippen molar-refractivity contribution in [2.75, 3.05) is 49.1 Å². The van der Waals surface area contributed by atoms with E-state index in [0.29, 0.717) is 24.5 Å². The topological polar surface area (TPSA) is 165 Å². The smallest absolute Gasteiger partial charge is 0.328 e. The zero-order valence-electron chi connectivity index (χ0n) is 34.4. The molecule has 3 N–H and O–H groups in total. The van der Waals surface area contributed by atoms with E-state index in [-0.39, 0.29) is 35.1 Å². The van der Waals surface area contributed by atoms with E-state index >= 15 is 0 Å². The number of amides is 4. The molecule has 8 rings (SSSR count). The lowest BCUT2D eigenvalue weighted by atomic mass is 9.97. The standard InChI is InChI=1S/C45H50N10O4/c1-27-24-32(10-13-35(27)29(3)47-42(57)41-49-43(59-52-41)45(4,5)6)39-36-25-33(26-46-40(36)51-50-39)31-8-11-34(12-9-31)54-21-19-53(20-22-54)17-15-30-7-14-37(28(2)23-30)55-18-16-38(56)48-44(55)58/h7-14,23-26,29H,15-22H2,1-6H3,(H,47,57)(H,46,50,51)(H,48,56,58). The average Bonchev–Trinajstić information content (AvgIpc) is 3.90. The number of hydrogen-bond acceptors (Lipinski definition) is 10. The summed E-state index contributed by atoms with van der Waals surface area (Å²) in [5, 5.41) is 18.0. The van der Waals surface area contributed by atoms with E-state index in [2.05, 4.69) is 89.3 Å². The van der Waals surface area contributed by atoms with Crippen molar-refractivity contribution in [3.8, 4) is 22.4 Å². The van der Waals surface area contributed by atoms with Crippen LogP contribution in [0.4, 0.5) is 16.2 Å². The molecule has 304 valence electrons. The SMILES string of the molecule is Cc1cc(-c2n[nH]c3ncc(-c4ccc(N5CCN(CCc6ccc(N7CCC(=O)NC7=O)c(C)c6)CC5)cc4)cc23)ccc1C(C)NC(=O)c1noc(C(C)(C)C)n1. The van der Waals surface area contributed by atoms with Gasteiger partial charge in [-0.15, -0.1) is 0 Å². The van der Waals surface area contributed by atoms with Gasteiger partial charge in [0.15, 0.2) is 5.65 Å². The Hall–Kier alpha value is -6.41. The fraction of sp³-hybridized carbons (Fsp3) is 0.356. The molecular formula is C45H50N10O4. The summed E-state index contributed by atoms with van der Waals surface area (Å²) in [7, 11) is 0. The molecule has 3 aromatic carbocycles. The van der Waals surface area contributed by atoms with Crippen LogP contribution in [0.3, 0.4) is 0 Å². The normalized spacial score (nSPS) is 15.8. The van der Waals surface area contributed by atoms with Crippen LogP contribution in [0.25, 0.3) is 33.4 Å². The molecule has 0 aliphatic carbocycles. The van der Waals surface area contributed by atoms with Crippen molar-refractivity contribution in [3.63, 3.8) is 0 Å². The molecule has 2 aliphatic heterocycles. The molecule has 4 amide bonds. The number of aromatic nitrogens is 5. The molecule has 3 aromatic heterocycles. The van der Waals surface area contributed by atoms with E-state index in [4.69, 9.17) is 9.51 Å². The maximum Gasteiger partial charge on any atom is 0.328 e. The number of urea groups is 1. The van der Waals surface area contributed by atoms with Gasteiger partial charge in [0.05, 0.1) is 6.04 Å². The third kappa shape index (κ3) is 8.44. The van der Waals surface area contributed by atoms with Crippen LogP contribution in [0.2, 0.25) is 0 Å². The number of pyridine rings is 1. The Labute approximate surface area is 343 Å². The second-order valence-electron chi connectivity index (χ2n) is 16.6. The van der Waals surface area contributed by atoms with Gasteiger partial charge >= 0.3 is 6.03 Å². The molecule has 2 saturated heterocycles. The number of rotatable bonds is 10. The van der Waals surface area contributed by atoms with E-state index in [1.54, 1.807) is 4.90 Å². The lowest BCUT2D eigenvalue weighted by Crippen LogP contribution is -2.49. The summed E-state index contributed by atoms with van der Waals surface area (Å²) in [6, 6.07) is 22.6. The molecule has 14 nitrogen and oxygen atoms in total. The van der Waals surface area contributed by atoms with Crippen molar-refractivity contribution in [2.45, 2.75) is 65.8 Å². The number of fused-ring (bicyclic) bond motifs is 1. The molecule has 5 heterocycles. The lowest BCUT2D eigenvalue weighted by molar-refractivity contribution is -0.120. The van der Waals surface area contributed by atoms with Gasteiger partial charge in [-0.05, 0) is 85.3 Å². The molecule has 6 aromatic rings. The molecule has 1 atom stereocenters. The van der Waals surface area contributed by atoms with Crippen LogP contribution in [0.1, 0.15) is 78.9 Å². The van der Waals surface area contributed by atoms with Gasteiger partial charge in [0.1, 0.15) is 5.69 Å². The Bertz CT molecular complexity index is 2530. The van der Waals surface area contributed by atoms with E-state index in [9.17, 15) is 14.4 Å². The van der Waals surface area contributed by atoms with Gasteiger partial charge in [0, 0.05) is 85.2 Å². The number of anilines is 2. The number of carbonyl (C=O) groups is 3. The fourth-order valence-electron chi connectivity index (χ4n) is 7.90. The number of benzene rings is 3. The Kier molecular flexibility index (Phi) is 10.7. The summed E-state index contributed by atoms with van der Waals surface area (Å²) >= 11 is 0. The van der Waals surface area contributed by atoms with Gasteiger partial charge in [-0.2, -0.15) is 10.1 Å². The average molecular weight is 795 g/mol. The quantitative estimate of drug-likeness (QED) is 0.133. The van der Waals surface area contributed by atoms with Gasteiger partial charge in [-0.25, -0.2) is 9.78 Å². The summed E-state index contributed by atoms with van der Waals surface area (Å²) in [6.45, 7) is 17.1. The third-order valence-electron chi connectivity index (χ3n) is 11.3. The number of hydrogen-bond donors (Lipinski definition) is 3. The first-order chi connectivity index (χ1) is 28.3. The van der Waals surface area contributed by atoms with Crippen molar-refractivity contribution in [1.29, 1.82) is 0 Å². The maximum absolute atomic E-state index is 12.9. The number of carbonyl (C=O) groups excluding carboxylic acids is 3. The second kappa shape index (κ2) is 16.1. The highest BCUT2D eigenvalue weighted by atomic mass is 16.5. The molecular weight excluding hydrogens is 745 g/mol. The first kappa shape index (κ1) is 39.4. The van der Waals surface area contributed by atoms with Gasteiger partial charge < -0.3 is 14.7 Å². The minimum Gasteiger partial charge on any atom is -0.369 e. The zero-order chi connectivity index (χ0) is 41.4. The van der Waals surface area contributed by atoms with Crippen LogP contribution in [-0.4, -0.2) is 87.3 Å². The molecule has 2 aliphatic rings. The molecule has 14 heteroatoms. The van der Waals surface area contributed by atoms with E-state index < -0.39 is 0 Å². The van der Waals surface area contributed by atoms with Gasteiger partial charge in [0.25, 0.3) is 11.7 Å². The van der Waals surface area contributed by atoms with Crippen molar-refractivity contribution in [2.24, 2.45) is 0 Å². The monoisotopic (exact) mass is 794 g/mol. The van der Waals surface area contributed by atoms with Crippen molar-refractivity contribution < 1.29 is 18.9 Å². The largest absolute Gasteiger partial charge is 0.369 e. The molecule has 0 saturated carbocycles. The van der Waals surface area contributed by atoms with Crippen LogP contribution >= 0.6 is 0 Å². The summed E-state index contributed by atoms with van der Waals surface area (Å²) in [5.74, 6) is -0.173. The molecule has 0 bridgehead atoms. The van der Waals surface area contributed by atoms with Crippen LogP contribution in [0, 0.1) is 13.8 Å². The molecule has 0 radical (unpaired) electrons.